The SMILES string of the molecule is CCN1CCC(C2=CN3C(=O)\C=C(c4cc(C)c5nc(C)cn5c4)/C=C/C=C/3C=N2)CC1. The number of aryl methyl sites for hydroxylation is 2. The first-order valence-corrected chi connectivity index (χ1v) is 11.4. The van der Waals surface area contributed by atoms with Gasteiger partial charge in [-0.3, -0.25) is 14.7 Å². The van der Waals surface area contributed by atoms with Crippen molar-refractivity contribution in [3.05, 3.63) is 77.2 Å². The van der Waals surface area contributed by atoms with Gasteiger partial charge in [-0.15, -0.1) is 0 Å². The van der Waals surface area contributed by atoms with Crippen LogP contribution in [0.2, 0.25) is 0 Å². The van der Waals surface area contributed by atoms with E-state index in [1.807, 2.05) is 54.4 Å². The van der Waals surface area contributed by atoms with Crippen molar-refractivity contribution in [1.29, 1.82) is 0 Å². The molecule has 0 saturated carbocycles. The van der Waals surface area contributed by atoms with E-state index in [2.05, 4.69) is 29.8 Å². The third kappa shape index (κ3) is 3.86. The number of carbonyl (C=O) groups excluding carboxylic acids is 1. The minimum Gasteiger partial charge on any atom is -0.306 e. The Hall–Kier alpha value is -3.25. The van der Waals surface area contributed by atoms with E-state index in [1.165, 1.54) is 0 Å². The Kier molecular flexibility index (Phi) is 5.39. The summed E-state index contributed by atoms with van der Waals surface area (Å²) >= 11 is 0. The predicted molar refractivity (Wildman–Crippen MR) is 128 cm³/mol. The number of allylic oxidation sites excluding steroid dienone is 6. The molecule has 2 aromatic heterocycles. The van der Waals surface area contributed by atoms with Gasteiger partial charge in [-0.05, 0) is 75.2 Å². The van der Waals surface area contributed by atoms with Gasteiger partial charge in [0.05, 0.1) is 23.3 Å². The first-order chi connectivity index (χ1) is 15.5. The molecule has 0 aromatic carbocycles. The standard InChI is InChI=1S/C26H29N5O/c1-4-29-10-8-20(9-11-29)24-17-31-23(14-27-24)7-5-6-21(13-25(31)32)22-12-18(2)26-28-19(3)15-30(26)16-22/h5-7,12-17,20H,4,8-11H2,1-3H3/b6-5+,21-13+,23-7+. The number of likely N-dealkylation sites (tertiary alicyclic amines) is 1. The summed E-state index contributed by atoms with van der Waals surface area (Å²) in [4.78, 5) is 26.8. The monoisotopic (exact) mass is 427 g/mol. The van der Waals surface area contributed by atoms with E-state index in [-0.39, 0.29) is 5.91 Å². The van der Waals surface area contributed by atoms with E-state index in [1.54, 1.807) is 11.0 Å². The Bertz CT molecular complexity index is 1220. The second-order valence-electron chi connectivity index (χ2n) is 8.80. The van der Waals surface area contributed by atoms with Gasteiger partial charge in [0.2, 0.25) is 0 Å². The summed E-state index contributed by atoms with van der Waals surface area (Å²) < 4.78 is 2.04. The Morgan fingerprint density at radius 3 is 2.75 bits per heavy atom. The number of hydrogen-bond donors (Lipinski definition) is 0. The lowest BCUT2D eigenvalue weighted by atomic mass is 9.93. The van der Waals surface area contributed by atoms with Crippen LogP contribution in [0.1, 0.15) is 36.6 Å². The highest BCUT2D eigenvalue weighted by atomic mass is 16.2. The number of aromatic nitrogens is 2. The van der Waals surface area contributed by atoms with Crippen molar-refractivity contribution in [3.63, 3.8) is 0 Å². The molecular weight excluding hydrogens is 398 g/mol. The molecule has 1 fully saturated rings. The maximum Gasteiger partial charge on any atom is 0.255 e. The van der Waals surface area contributed by atoms with E-state index in [4.69, 9.17) is 4.99 Å². The van der Waals surface area contributed by atoms with Crippen LogP contribution in [0.4, 0.5) is 0 Å². The Labute approximate surface area is 189 Å². The molecule has 6 nitrogen and oxygen atoms in total. The van der Waals surface area contributed by atoms with Crippen molar-refractivity contribution in [2.24, 2.45) is 10.9 Å². The number of nitrogens with zero attached hydrogens (tertiary/aromatic N) is 5. The van der Waals surface area contributed by atoms with Gasteiger partial charge in [0.25, 0.3) is 5.91 Å². The first kappa shape index (κ1) is 20.6. The zero-order valence-corrected chi connectivity index (χ0v) is 19.0. The second-order valence-corrected chi connectivity index (χ2v) is 8.80. The van der Waals surface area contributed by atoms with Crippen molar-refractivity contribution in [2.75, 3.05) is 19.6 Å². The van der Waals surface area contributed by atoms with Crippen LogP contribution in [0.5, 0.6) is 0 Å². The highest BCUT2D eigenvalue weighted by Gasteiger charge is 2.26. The molecule has 0 spiro atoms. The molecule has 0 unspecified atom stereocenters. The highest BCUT2D eigenvalue weighted by Crippen LogP contribution is 2.30. The molecule has 164 valence electrons. The van der Waals surface area contributed by atoms with E-state index in [0.717, 1.165) is 71.9 Å². The topological polar surface area (TPSA) is 53.2 Å². The second kappa shape index (κ2) is 8.36. The number of aliphatic imine (C=N–C) groups is 1. The van der Waals surface area contributed by atoms with Crippen molar-refractivity contribution in [2.45, 2.75) is 33.6 Å². The number of carbonyl (C=O) groups is 1. The summed E-state index contributed by atoms with van der Waals surface area (Å²) in [7, 11) is 0. The van der Waals surface area contributed by atoms with E-state index >= 15 is 0 Å². The van der Waals surface area contributed by atoms with E-state index in [9.17, 15) is 4.79 Å². The zero-order valence-electron chi connectivity index (χ0n) is 19.0. The number of hydrogen-bond acceptors (Lipinski definition) is 4. The molecule has 5 heterocycles. The molecule has 5 rings (SSSR count). The Balaban J connectivity index is 1.45. The quantitative estimate of drug-likeness (QED) is 0.735. The van der Waals surface area contributed by atoms with Crippen LogP contribution in [-0.4, -0.2) is 50.9 Å². The predicted octanol–water partition coefficient (Wildman–Crippen LogP) is 4.27. The lowest BCUT2D eigenvalue weighted by Gasteiger charge is -2.33. The van der Waals surface area contributed by atoms with Gasteiger partial charge < -0.3 is 9.30 Å². The minimum absolute atomic E-state index is 0.0511. The van der Waals surface area contributed by atoms with Crippen molar-refractivity contribution < 1.29 is 4.79 Å². The summed E-state index contributed by atoms with van der Waals surface area (Å²) in [6.45, 7) is 9.53. The number of pyridine rings is 1. The highest BCUT2D eigenvalue weighted by molar-refractivity contribution is 6.02. The number of amides is 1. The van der Waals surface area contributed by atoms with Crippen LogP contribution >= 0.6 is 0 Å². The largest absolute Gasteiger partial charge is 0.306 e. The van der Waals surface area contributed by atoms with Crippen LogP contribution in [0, 0.1) is 19.8 Å². The summed E-state index contributed by atoms with van der Waals surface area (Å²) in [5, 5.41) is 0. The van der Waals surface area contributed by atoms with E-state index in [0.29, 0.717) is 5.92 Å². The molecule has 3 aliphatic rings. The zero-order chi connectivity index (χ0) is 22.2. The Morgan fingerprint density at radius 2 is 1.97 bits per heavy atom. The molecule has 0 aliphatic carbocycles. The maximum absolute atomic E-state index is 13.3. The molecule has 6 heteroatoms. The molecule has 0 atom stereocenters. The smallest absolute Gasteiger partial charge is 0.255 e. The van der Waals surface area contributed by atoms with Gasteiger partial charge in [-0.1, -0.05) is 19.1 Å². The lowest BCUT2D eigenvalue weighted by molar-refractivity contribution is -0.121. The van der Waals surface area contributed by atoms with Crippen LogP contribution < -0.4 is 0 Å². The number of rotatable bonds is 3. The molecule has 2 aromatic rings. The molecule has 3 aliphatic heterocycles. The minimum atomic E-state index is -0.0511. The third-order valence-corrected chi connectivity index (χ3v) is 6.59. The molecular formula is C26H29N5O. The van der Waals surface area contributed by atoms with Gasteiger partial charge in [-0.2, -0.15) is 0 Å². The maximum atomic E-state index is 13.3. The van der Waals surface area contributed by atoms with Crippen molar-refractivity contribution >= 4 is 23.3 Å². The van der Waals surface area contributed by atoms with Gasteiger partial charge in [-0.25, -0.2) is 4.98 Å². The van der Waals surface area contributed by atoms with Crippen molar-refractivity contribution in [1.82, 2.24) is 19.2 Å². The summed E-state index contributed by atoms with van der Waals surface area (Å²) in [5.74, 6) is 0.354. The lowest BCUT2D eigenvalue weighted by Crippen LogP contribution is -2.35. The third-order valence-electron chi connectivity index (χ3n) is 6.59. The van der Waals surface area contributed by atoms with Gasteiger partial charge >= 0.3 is 0 Å². The van der Waals surface area contributed by atoms with Gasteiger partial charge in [0.15, 0.2) is 0 Å². The Morgan fingerprint density at radius 1 is 1.16 bits per heavy atom. The fourth-order valence-electron chi connectivity index (χ4n) is 4.74. The van der Waals surface area contributed by atoms with Crippen LogP contribution in [-0.2, 0) is 4.79 Å². The van der Waals surface area contributed by atoms with Gasteiger partial charge in [0.1, 0.15) is 5.65 Å². The molecule has 0 N–H and O–H groups in total. The summed E-state index contributed by atoms with van der Waals surface area (Å²) in [5.41, 5.74) is 6.70. The van der Waals surface area contributed by atoms with Crippen LogP contribution in [0.25, 0.3) is 11.2 Å². The fourth-order valence-corrected chi connectivity index (χ4v) is 4.74. The van der Waals surface area contributed by atoms with Crippen LogP contribution in [0.15, 0.2) is 65.4 Å². The molecule has 0 radical (unpaired) electrons. The molecule has 1 saturated heterocycles. The molecule has 32 heavy (non-hydrogen) atoms. The first-order valence-electron chi connectivity index (χ1n) is 11.4. The fraction of sp³-hybridized carbons (Fsp3) is 0.346. The summed E-state index contributed by atoms with van der Waals surface area (Å²) in [6.07, 6.45) is 17.6. The van der Waals surface area contributed by atoms with Gasteiger partial charge in [0, 0.05) is 30.6 Å². The normalized spacial score (nSPS) is 24.3. The number of piperidine rings is 1. The van der Waals surface area contributed by atoms with E-state index < -0.39 is 0 Å². The average molecular weight is 428 g/mol. The molecule has 1 amide bonds. The number of fused-ring (bicyclic) bond motifs is 2. The average Bonchev–Trinajstić information content (AvgIpc) is 3.18. The summed E-state index contributed by atoms with van der Waals surface area (Å²) in [6, 6.07) is 2.10. The van der Waals surface area contributed by atoms with Crippen molar-refractivity contribution in [3.8, 4) is 0 Å². The van der Waals surface area contributed by atoms with Crippen LogP contribution in [0.3, 0.4) is 0 Å². The molecule has 0 bridgehead atoms. The number of imidazole rings is 1.